The molecule has 96 valence electrons. The molecule has 0 aromatic carbocycles. The zero-order valence-corrected chi connectivity index (χ0v) is 11.4. The van der Waals surface area contributed by atoms with E-state index in [0.29, 0.717) is 12.5 Å². The highest BCUT2D eigenvalue weighted by Gasteiger charge is 2.02. The van der Waals surface area contributed by atoms with E-state index >= 15 is 0 Å². The van der Waals surface area contributed by atoms with Gasteiger partial charge in [-0.2, -0.15) is 0 Å². The molecular weight excluding hydrogens is 198 g/mol. The lowest BCUT2D eigenvalue weighted by molar-refractivity contribution is -0.450. The molecule has 0 aliphatic heterocycles. The topological polar surface area (TPSA) is 26.1 Å². The van der Waals surface area contributed by atoms with Crippen LogP contribution in [-0.2, 0) is 0 Å². The second kappa shape index (κ2) is 11.0. The third-order valence-corrected chi connectivity index (χ3v) is 3.00. The number of hydrogen-bond acceptors (Lipinski definition) is 1. The molecular formula is C14H29NO. The molecule has 0 heterocycles. The van der Waals surface area contributed by atoms with Gasteiger partial charge in [0.2, 0.25) is 0 Å². The normalized spacial score (nSPS) is 14.1. The van der Waals surface area contributed by atoms with Crippen LogP contribution in [-0.4, -0.2) is 17.5 Å². The summed E-state index contributed by atoms with van der Waals surface area (Å²) in [6.07, 6.45) is 12.4. The monoisotopic (exact) mass is 227 g/mol. The molecule has 0 fully saturated rings. The van der Waals surface area contributed by atoms with Crippen molar-refractivity contribution in [3.63, 3.8) is 0 Å². The van der Waals surface area contributed by atoms with Crippen LogP contribution in [0.15, 0.2) is 0 Å². The first kappa shape index (κ1) is 15.5. The number of nitrogens with zero attached hydrogens (tertiary/aromatic N) is 1. The number of hydroxylamine groups is 1. The molecule has 0 aliphatic carbocycles. The van der Waals surface area contributed by atoms with Crippen LogP contribution in [0.4, 0.5) is 0 Å². The Kier molecular flexibility index (Phi) is 10.6. The van der Waals surface area contributed by atoms with Crippen molar-refractivity contribution in [1.82, 2.24) is 0 Å². The molecule has 0 aromatic rings. The number of unbranched alkanes of at least 4 members (excludes halogenated alkanes) is 6. The molecule has 0 spiro atoms. The number of hydrogen-bond donors (Lipinski definition) is 0. The van der Waals surface area contributed by atoms with Gasteiger partial charge in [0.1, 0.15) is 6.54 Å². The van der Waals surface area contributed by atoms with E-state index in [1.165, 1.54) is 44.9 Å². The molecule has 0 bridgehead atoms. The summed E-state index contributed by atoms with van der Waals surface area (Å²) in [5.74, 6) is 0.438. The van der Waals surface area contributed by atoms with Crippen molar-refractivity contribution >= 4 is 6.21 Å². The average molecular weight is 227 g/mol. The highest BCUT2D eigenvalue weighted by Crippen LogP contribution is 2.11. The Labute approximate surface area is 101 Å². The molecule has 0 aliphatic rings. The van der Waals surface area contributed by atoms with Crippen LogP contribution in [0, 0.1) is 11.1 Å². The minimum Gasteiger partial charge on any atom is -0.624 e. The molecule has 1 atom stereocenters. The van der Waals surface area contributed by atoms with Crippen molar-refractivity contribution in [3.05, 3.63) is 5.21 Å². The van der Waals surface area contributed by atoms with Crippen molar-refractivity contribution in [2.24, 2.45) is 5.92 Å². The molecule has 2 heteroatoms. The predicted octanol–water partition coefficient (Wildman–Crippen LogP) is 4.36. The summed E-state index contributed by atoms with van der Waals surface area (Å²) >= 11 is 0. The summed E-state index contributed by atoms with van der Waals surface area (Å²) < 4.78 is 1.05. The Hall–Kier alpha value is -0.530. The second-order valence-corrected chi connectivity index (χ2v) is 4.77. The van der Waals surface area contributed by atoms with Crippen molar-refractivity contribution in [3.8, 4) is 0 Å². The Morgan fingerprint density at radius 3 is 2.12 bits per heavy atom. The lowest BCUT2D eigenvalue weighted by atomic mass is 10.0. The first-order valence-electron chi connectivity index (χ1n) is 6.99. The first-order valence-corrected chi connectivity index (χ1v) is 6.99. The summed E-state index contributed by atoms with van der Waals surface area (Å²) in [6, 6.07) is 0. The maximum absolute atomic E-state index is 11.1. The van der Waals surface area contributed by atoms with Gasteiger partial charge in [0.05, 0.1) is 0 Å². The maximum atomic E-state index is 11.1. The van der Waals surface area contributed by atoms with Gasteiger partial charge >= 0.3 is 0 Å². The van der Waals surface area contributed by atoms with Crippen molar-refractivity contribution in [2.45, 2.75) is 72.1 Å². The number of rotatable bonds is 10. The van der Waals surface area contributed by atoms with Crippen LogP contribution >= 0.6 is 0 Å². The van der Waals surface area contributed by atoms with E-state index in [1.54, 1.807) is 0 Å². The standard InChI is InChI=1S/C14H29NO/c1-4-6-7-8-9-10-11-12-14(3)13-15(16)5-2/h13-14H,4-12H2,1-3H3. The highest BCUT2D eigenvalue weighted by atomic mass is 16.5. The molecule has 0 amide bonds. The van der Waals surface area contributed by atoms with E-state index in [1.807, 2.05) is 13.1 Å². The fourth-order valence-electron chi connectivity index (χ4n) is 1.89. The summed E-state index contributed by atoms with van der Waals surface area (Å²) in [5.41, 5.74) is 0. The van der Waals surface area contributed by atoms with Gasteiger partial charge in [-0.3, -0.25) is 0 Å². The van der Waals surface area contributed by atoms with E-state index in [2.05, 4.69) is 13.8 Å². The van der Waals surface area contributed by atoms with Gasteiger partial charge in [0.25, 0.3) is 0 Å². The largest absolute Gasteiger partial charge is 0.624 e. The molecule has 0 rings (SSSR count). The van der Waals surface area contributed by atoms with Gasteiger partial charge in [-0.25, -0.2) is 4.74 Å². The van der Waals surface area contributed by atoms with E-state index in [9.17, 15) is 5.21 Å². The molecule has 0 radical (unpaired) electrons. The summed E-state index contributed by atoms with van der Waals surface area (Å²) in [7, 11) is 0. The van der Waals surface area contributed by atoms with Gasteiger partial charge < -0.3 is 5.21 Å². The SMILES string of the molecule is CCCCCCCCCC(C)C=[N+]([O-])CC. The molecule has 16 heavy (non-hydrogen) atoms. The maximum Gasteiger partial charge on any atom is 0.153 e. The Morgan fingerprint density at radius 2 is 1.56 bits per heavy atom. The van der Waals surface area contributed by atoms with Gasteiger partial charge in [0.15, 0.2) is 6.21 Å². The van der Waals surface area contributed by atoms with Crippen LogP contribution < -0.4 is 0 Å². The summed E-state index contributed by atoms with van der Waals surface area (Å²) in [6.45, 7) is 6.85. The Morgan fingerprint density at radius 1 is 1.00 bits per heavy atom. The molecule has 1 unspecified atom stereocenters. The van der Waals surface area contributed by atoms with Gasteiger partial charge in [-0.15, -0.1) is 0 Å². The summed E-state index contributed by atoms with van der Waals surface area (Å²) in [5, 5.41) is 11.1. The lowest BCUT2D eigenvalue weighted by Crippen LogP contribution is -2.09. The minimum atomic E-state index is 0.438. The Balaban J connectivity index is 3.31. The third kappa shape index (κ3) is 10.0. The van der Waals surface area contributed by atoms with E-state index in [-0.39, 0.29) is 0 Å². The van der Waals surface area contributed by atoms with Gasteiger partial charge in [-0.1, -0.05) is 58.8 Å². The van der Waals surface area contributed by atoms with E-state index < -0.39 is 0 Å². The second-order valence-electron chi connectivity index (χ2n) is 4.77. The van der Waals surface area contributed by atoms with E-state index in [0.717, 1.165) is 11.2 Å². The molecule has 0 saturated heterocycles. The summed E-state index contributed by atoms with van der Waals surface area (Å²) in [4.78, 5) is 0. The van der Waals surface area contributed by atoms with Gasteiger partial charge in [-0.05, 0) is 13.3 Å². The van der Waals surface area contributed by atoms with Crippen LogP contribution in [0.1, 0.15) is 72.1 Å². The lowest BCUT2D eigenvalue weighted by Gasteiger charge is -2.06. The predicted molar refractivity (Wildman–Crippen MR) is 72.0 cm³/mol. The molecule has 0 aromatic heterocycles. The van der Waals surface area contributed by atoms with E-state index in [4.69, 9.17) is 0 Å². The quantitative estimate of drug-likeness (QED) is 0.179. The van der Waals surface area contributed by atoms with Crippen LogP contribution in [0.2, 0.25) is 0 Å². The Bertz CT molecular complexity index is 178. The van der Waals surface area contributed by atoms with Crippen LogP contribution in [0.5, 0.6) is 0 Å². The molecule has 0 N–H and O–H groups in total. The minimum absolute atomic E-state index is 0.438. The fourth-order valence-corrected chi connectivity index (χ4v) is 1.89. The van der Waals surface area contributed by atoms with Gasteiger partial charge in [0, 0.05) is 5.92 Å². The van der Waals surface area contributed by atoms with Crippen LogP contribution in [0.25, 0.3) is 0 Å². The fraction of sp³-hybridized carbons (Fsp3) is 0.929. The smallest absolute Gasteiger partial charge is 0.153 e. The zero-order valence-electron chi connectivity index (χ0n) is 11.4. The molecule has 2 nitrogen and oxygen atoms in total. The van der Waals surface area contributed by atoms with Crippen LogP contribution in [0.3, 0.4) is 0 Å². The molecule has 0 saturated carbocycles. The van der Waals surface area contributed by atoms with Crippen molar-refractivity contribution < 1.29 is 4.74 Å². The zero-order chi connectivity index (χ0) is 12.2. The first-order chi connectivity index (χ1) is 7.70. The third-order valence-electron chi connectivity index (χ3n) is 3.00. The average Bonchev–Trinajstić information content (AvgIpc) is 2.27. The highest BCUT2D eigenvalue weighted by molar-refractivity contribution is 5.54. The van der Waals surface area contributed by atoms with Crippen molar-refractivity contribution in [1.29, 1.82) is 0 Å². The van der Waals surface area contributed by atoms with Crippen molar-refractivity contribution in [2.75, 3.05) is 6.54 Å².